The van der Waals surface area contributed by atoms with Gasteiger partial charge in [-0.15, -0.1) is 0 Å². The van der Waals surface area contributed by atoms with E-state index >= 15 is 0 Å². The number of esters is 2. The van der Waals surface area contributed by atoms with Gasteiger partial charge in [0.15, 0.2) is 87.3 Å². The van der Waals surface area contributed by atoms with E-state index < -0.39 is 169 Å². The Labute approximate surface area is 367 Å². The molecule has 0 amide bonds. The molecule has 16 N–H and O–H groups in total. The summed E-state index contributed by atoms with van der Waals surface area (Å²) >= 11 is 0. The molecule has 0 saturated heterocycles. The third kappa shape index (κ3) is 7.32. The Morgan fingerprint density at radius 3 is 1.35 bits per heavy atom. The van der Waals surface area contributed by atoms with Crippen molar-refractivity contribution in [2.75, 3.05) is 0 Å². The maximum atomic E-state index is 14.1. The van der Waals surface area contributed by atoms with Crippen LogP contribution in [0.1, 0.15) is 66.7 Å². The van der Waals surface area contributed by atoms with Crippen LogP contribution in [0.25, 0.3) is 0 Å². The Morgan fingerprint density at radius 1 is 0.439 bits per heavy atom. The van der Waals surface area contributed by atoms with Gasteiger partial charge in [0.1, 0.15) is 40.6 Å². The number of phenols is 16. The highest BCUT2D eigenvalue weighted by Crippen LogP contribution is 2.59. The van der Waals surface area contributed by atoms with Gasteiger partial charge in [0.05, 0.1) is 17.0 Å². The van der Waals surface area contributed by atoms with Gasteiger partial charge < -0.3 is 101 Å². The zero-order chi connectivity index (χ0) is 47.8. The molecule has 2 heterocycles. The number of fused-ring (bicyclic) bond motifs is 2. The van der Waals surface area contributed by atoms with Gasteiger partial charge in [0.25, 0.3) is 0 Å². The molecular weight excluding hydrogens is 880 g/mol. The van der Waals surface area contributed by atoms with Crippen LogP contribution in [0, 0.1) is 0 Å². The van der Waals surface area contributed by atoms with Crippen LogP contribution in [0.2, 0.25) is 0 Å². The minimum Gasteiger partial charge on any atom is -0.508 e. The maximum Gasteiger partial charge on any atom is 0.338 e. The van der Waals surface area contributed by atoms with Crippen LogP contribution in [0.3, 0.4) is 0 Å². The van der Waals surface area contributed by atoms with Crippen molar-refractivity contribution in [1.82, 2.24) is 0 Å². The van der Waals surface area contributed by atoms with Crippen LogP contribution in [0.4, 0.5) is 0 Å². The summed E-state index contributed by atoms with van der Waals surface area (Å²) in [7, 11) is 0. The smallest absolute Gasteiger partial charge is 0.338 e. The monoisotopic (exact) mass is 914 g/mol. The van der Waals surface area contributed by atoms with Crippen molar-refractivity contribution in [2.45, 2.75) is 36.8 Å². The molecule has 22 heteroatoms. The fraction of sp³-hybridized carbons (Fsp3) is 0.136. The molecular formula is C44H34O22. The van der Waals surface area contributed by atoms with Crippen molar-refractivity contribution >= 4 is 11.9 Å². The normalized spacial score (nSPS) is 18.5. The highest BCUT2D eigenvalue weighted by atomic mass is 16.6. The number of carbonyl (C=O) groups excluding carboxylic acids is 2. The summed E-state index contributed by atoms with van der Waals surface area (Å²) in [4.78, 5) is 27.7. The zero-order valence-electron chi connectivity index (χ0n) is 33.0. The summed E-state index contributed by atoms with van der Waals surface area (Å²) in [5.41, 5.74) is -2.83. The van der Waals surface area contributed by atoms with Crippen LogP contribution in [0.15, 0.2) is 66.7 Å². The van der Waals surface area contributed by atoms with Crippen LogP contribution in [-0.4, -0.2) is 106 Å². The first-order valence-corrected chi connectivity index (χ1v) is 19.0. The quantitative estimate of drug-likeness (QED) is 0.0780. The largest absolute Gasteiger partial charge is 0.508 e. The summed E-state index contributed by atoms with van der Waals surface area (Å²) in [5.74, 6) is -19.9. The second kappa shape index (κ2) is 15.8. The SMILES string of the molecule is O=C(O[C@@H]1[C@H](c2c(O)cc(O)c3c2O[C@H](c2cc(O)c(O)c(O)c2)[C@@H](OC(=O)c2cc(O)c(O)c(O)c2)C3)c2c(O)cc(O)cc2O[C@H]1c1cc(O)c(O)c(O)c1)c1cc(O)c(O)c(O)c1. The molecule has 5 atom stereocenters. The number of rotatable bonds is 7. The van der Waals surface area contributed by atoms with E-state index in [-0.39, 0.29) is 22.3 Å². The lowest BCUT2D eigenvalue weighted by molar-refractivity contribution is -0.0303. The molecule has 22 nitrogen and oxygen atoms in total. The summed E-state index contributed by atoms with van der Waals surface area (Å²) in [6.07, 6.45) is -7.81. The van der Waals surface area contributed by atoms with E-state index in [9.17, 15) is 91.3 Å². The van der Waals surface area contributed by atoms with Crippen LogP contribution in [-0.2, 0) is 15.9 Å². The molecule has 8 rings (SSSR count). The number of aromatic hydroxyl groups is 16. The number of carbonyl (C=O) groups is 2. The first-order valence-electron chi connectivity index (χ1n) is 19.0. The predicted octanol–water partition coefficient (Wildman–Crippen LogP) is 4.37. The predicted molar refractivity (Wildman–Crippen MR) is 216 cm³/mol. The van der Waals surface area contributed by atoms with Gasteiger partial charge >= 0.3 is 11.9 Å². The third-order valence-electron chi connectivity index (χ3n) is 10.9. The molecule has 0 aliphatic carbocycles. The van der Waals surface area contributed by atoms with Crippen molar-refractivity contribution in [3.05, 3.63) is 106 Å². The minimum absolute atomic E-state index is 0.251. The molecule has 6 aromatic carbocycles. The average molecular weight is 915 g/mol. The third-order valence-corrected chi connectivity index (χ3v) is 10.9. The van der Waals surface area contributed by atoms with Gasteiger partial charge in [-0.25, -0.2) is 9.59 Å². The molecule has 0 bridgehead atoms. The molecule has 342 valence electrons. The highest BCUT2D eigenvalue weighted by Gasteiger charge is 2.50. The molecule has 6 aromatic rings. The van der Waals surface area contributed by atoms with E-state index in [4.69, 9.17) is 18.9 Å². The van der Waals surface area contributed by atoms with Crippen LogP contribution < -0.4 is 9.47 Å². The van der Waals surface area contributed by atoms with E-state index in [1.807, 2.05) is 0 Å². The second-order valence-corrected chi connectivity index (χ2v) is 15.1. The van der Waals surface area contributed by atoms with E-state index in [0.717, 1.165) is 54.6 Å². The molecule has 0 unspecified atom stereocenters. The fourth-order valence-electron chi connectivity index (χ4n) is 7.89. The Balaban J connectivity index is 1.36. The van der Waals surface area contributed by atoms with E-state index in [0.29, 0.717) is 12.1 Å². The second-order valence-electron chi connectivity index (χ2n) is 15.1. The molecule has 0 radical (unpaired) electrons. The minimum atomic E-state index is -2.00. The molecule has 0 saturated carbocycles. The molecule has 2 aliphatic heterocycles. The number of ether oxygens (including phenoxy) is 4. The van der Waals surface area contributed by atoms with Gasteiger partial charge in [-0.1, -0.05) is 0 Å². The molecule has 66 heavy (non-hydrogen) atoms. The van der Waals surface area contributed by atoms with Crippen molar-refractivity contribution in [2.24, 2.45) is 0 Å². The first kappa shape index (κ1) is 43.3. The number of hydrogen-bond donors (Lipinski definition) is 16. The van der Waals surface area contributed by atoms with E-state index in [1.165, 1.54) is 0 Å². The van der Waals surface area contributed by atoms with E-state index in [1.54, 1.807) is 0 Å². The Kier molecular flexibility index (Phi) is 10.4. The highest BCUT2D eigenvalue weighted by molar-refractivity contribution is 5.92. The Morgan fingerprint density at radius 2 is 0.864 bits per heavy atom. The summed E-state index contributed by atoms with van der Waals surface area (Å²) in [5, 5.41) is 169. The van der Waals surface area contributed by atoms with Crippen LogP contribution in [0.5, 0.6) is 103 Å². The van der Waals surface area contributed by atoms with Crippen molar-refractivity contribution in [1.29, 1.82) is 0 Å². The average Bonchev–Trinajstić information content (AvgIpc) is 3.25. The van der Waals surface area contributed by atoms with Gasteiger partial charge in [0, 0.05) is 52.4 Å². The Hall–Kier alpha value is -9.34. The summed E-state index contributed by atoms with van der Waals surface area (Å²) in [6, 6.07) is 8.99. The lowest BCUT2D eigenvalue weighted by Crippen LogP contribution is -2.40. The van der Waals surface area contributed by atoms with Crippen LogP contribution >= 0.6 is 0 Å². The summed E-state index contributed by atoms with van der Waals surface area (Å²) in [6.45, 7) is 0. The number of benzene rings is 6. The Bertz CT molecular complexity index is 2920. The van der Waals surface area contributed by atoms with Gasteiger partial charge in [-0.3, -0.25) is 0 Å². The summed E-state index contributed by atoms with van der Waals surface area (Å²) < 4.78 is 24.3. The molecule has 0 fully saturated rings. The lowest BCUT2D eigenvalue weighted by Gasteiger charge is -2.42. The van der Waals surface area contributed by atoms with Gasteiger partial charge in [0.2, 0.25) is 0 Å². The first-order chi connectivity index (χ1) is 31.1. The van der Waals surface area contributed by atoms with Gasteiger partial charge in [-0.05, 0) is 48.5 Å². The van der Waals surface area contributed by atoms with Crippen molar-refractivity contribution in [3.63, 3.8) is 0 Å². The number of hydrogen-bond acceptors (Lipinski definition) is 22. The molecule has 2 aliphatic rings. The topological polar surface area (TPSA) is 395 Å². The molecule has 0 spiro atoms. The maximum absolute atomic E-state index is 14.1. The van der Waals surface area contributed by atoms with Crippen molar-refractivity contribution in [3.8, 4) is 103 Å². The van der Waals surface area contributed by atoms with E-state index in [2.05, 4.69) is 0 Å². The zero-order valence-corrected chi connectivity index (χ0v) is 33.0. The number of phenolic OH excluding ortho intramolecular Hbond substituents is 16. The van der Waals surface area contributed by atoms with Crippen molar-refractivity contribution < 1.29 is 110 Å². The fourth-order valence-corrected chi connectivity index (χ4v) is 7.89. The lowest BCUT2D eigenvalue weighted by atomic mass is 9.77. The van der Waals surface area contributed by atoms with Gasteiger partial charge in [-0.2, -0.15) is 0 Å². The standard InChI is InChI=1S/C44H34O22/c45-17-9-20(47)32-30(10-17)63-40(14-3-24(51)36(58)25(52)4-14)42(66-44(62)16-7-28(55)38(60)29(56)8-16)34(32)33-21(48)12-19(46)18-11-31(64-43(61)15-5-26(53)37(59)27(54)6-15)39(65-41(18)33)13-1-22(49)35(57)23(50)2-13/h1-10,12,31,34,39-40,42,45-60H,11H2/t31-,34-,39+,40-,42+/m0/s1. The molecule has 0 aromatic heterocycles.